The molecule has 1 saturated heterocycles. The third kappa shape index (κ3) is 3.27. The molecule has 0 aliphatic carbocycles. The van der Waals surface area contributed by atoms with Crippen molar-refractivity contribution >= 4 is 40.3 Å². The number of amides is 1. The summed E-state index contributed by atoms with van der Waals surface area (Å²) < 4.78 is 7.73. The van der Waals surface area contributed by atoms with Crippen LogP contribution in [0.3, 0.4) is 0 Å². The van der Waals surface area contributed by atoms with E-state index in [1.807, 2.05) is 12.1 Å². The molecular formula is C20H25N9O2. The highest BCUT2D eigenvalue weighted by molar-refractivity contribution is 6.00. The number of carbonyl (C=O) groups is 1. The Labute approximate surface area is 178 Å². The molecule has 2 aliphatic heterocycles. The first kappa shape index (κ1) is 19.4. The van der Waals surface area contributed by atoms with Gasteiger partial charge in [0.2, 0.25) is 0 Å². The van der Waals surface area contributed by atoms with Gasteiger partial charge in [0.05, 0.1) is 36.0 Å². The van der Waals surface area contributed by atoms with Gasteiger partial charge in [0, 0.05) is 33.3 Å². The molecule has 1 aromatic carbocycles. The maximum absolute atomic E-state index is 13.2. The normalized spacial score (nSPS) is 18.2. The van der Waals surface area contributed by atoms with Gasteiger partial charge in [-0.25, -0.2) is 10.8 Å². The van der Waals surface area contributed by atoms with Crippen molar-refractivity contribution in [3.8, 4) is 0 Å². The van der Waals surface area contributed by atoms with Gasteiger partial charge in [-0.05, 0) is 24.1 Å². The second-order valence-electron chi connectivity index (χ2n) is 7.86. The number of nitrogen functional groups attached to an aromatic ring is 1. The fourth-order valence-electron chi connectivity index (χ4n) is 4.10. The summed E-state index contributed by atoms with van der Waals surface area (Å²) in [5, 5.41) is 12.2. The predicted octanol–water partition coefficient (Wildman–Crippen LogP) is 1.15. The maximum Gasteiger partial charge on any atom is 0.259 e. The average Bonchev–Trinajstić information content (AvgIpc) is 3.39. The first-order valence-electron chi connectivity index (χ1n) is 10.1. The van der Waals surface area contributed by atoms with E-state index in [0.717, 1.165) is 12.0 Å². The third-order valence-electron chi connectivity index (χ3n) is 5.74. The molecule has 0 saturated carbocycles. The first-order valence-corrected chi connectivity index (χ1v) is 10.1. The quantitative estimate of drug-likeness (QED) is 0.271. The van der Waals surface area contributed by atoms with Crippen molar-refractivity contribution in [1.82, 2.24) is 19.5 Å². The van der Waals surface area contributed by atoms with E-state index in [1.165, 1.54) is 5.01 Å². The van der Waals surface area contributed by atoms with E-state index >= 15 is 0 Å². The van der Waals surface area contributed by atoms with Gasteiger partial charge < -0.3 is 31.0 Å². The van der Waals surface area contributed by atoms with E-state index < -0.39 is 0 Å². The Balaban J connectivity index is 1.71. The number of benzene rings is 1. The Morgan fingerprint density at radius 1 is 1.35 bits per heavy atom. The summed E-state index contributed by atoms with van der Waals surface area (Å²) in [7, 11) is 3.53. The number of nitrogens with two attached hydrogens (primary N) is 2. The zero-order valence-corrected chi connectivity index (χ0v) is 17.4. The number of ether oxygens (including phenoxy) is 1. The van der Waals surface area contributed by atoms with Gasteiger partial charge in [0.25, 0.3) is 5.91 Å². The molecule has 6 bridgehead atoms. The van der Waals surface area contributed by atoms with Crippen molar-refractivity contribution < 1.29 is 9.53 Å². The summed E-state index contributed by atoms with van der Waals surface area (Å²) in [5.74, 6) is 7.13. The summed E-state index contributed by atoms with van der Waals surface area (Å²) in [6.45, 7) is 1.54. The highest BCUT2D eigenvalue weighted by Gasteiger charge is 2.30. The van der Waals surface area contributed by atoms with Gasteiger partial charge in [-0.1, -0.05) is 0 Å². The van der Waals surface area contributed by atoms with Crippen LogP contribution in [0.15, 0.2) is 24.4 Å². The molecule has 162 valence electrons. The molecule has 4 heterocycles. The molecule has 6 N–H and O–H groups in total. The van der Waals surface area contributed by atoms with E-state index in [2.05, 4.69) is 20.7 Å². The van der Waals surface area contributed by atoms with E-state index in [9.17, 15) is 4.79 Å². The van der Waals surface area contributed by atoms with Crippen LogP contribution < -0.4 is 27.2 Å². The fourth-order valence-corrected chi connectivity index (χ4v) is 4.10. The number of fused-ring (bicyclic) bond motifs is 5. The number of carbonyl (C=O) groups excluding carboxylic acids is 1. The maximum atomic E-state index is 13.2. The van der Waals surface area contributed by atoms with Gasteiger partial charge in [0.15, 0.2) is 5.65 Å². The second kappa shape index (κ2) is 7.29. The van der Waals surface area contributed by atoms with Crippen molar-refractivity contribution in [3.63, 3.8) is 0 Å². The number of aromatic nitrogens is 3. The van der Waals surface area contributed by atoms with E-state index in [1.54, 1.807) is 35.8 Å². The monoisotopic (exact) mass is 423 g/mol. The molecule has 11 nitrogen and oxygen atoms in total. The van der Waals surface area contributed by atoms with Crippen LogP contribution in [0.4, 0.5) is 28.7 Å². The lowest BCUT2D eigenvalue weighted by Crippen LogP contribution is -2.30. The number of rotatable bonds is 2. The zero-order chi connectivity index (χ0) is 21.7. The van der Waals surface area contributed by atoms with Crippen LogP contribution in [0.2, 0.25) is 0 Å². The standard InChI is InChI=1S/C20H25N9O2/c1-23-17-7-16-25-14-5-11(6-15(18(14)21)27(2)22)10-31-12-3-4-28(9-12)20(30)13-8-24-29(17)19(13)26-16/h5-8,12,23H,3-4,9-10,21-22H2,1-2H3,(H,25,26). The highest BCUT2D eigenvalue weighted by Crippen LogP contribution is 2.34. The first-order chi connectivity index (χ1) is 14.9. The Bertz CT molecular complexity index is 1170. The molecule has 5 rings (SSSR count). The van der Waals surface area contributed by atoms with E-state index in [-0.39, 0.29) is 12.0 Å². The Kier molecular flexibility index (Phi) is 4.56. The van der Waals surface area contributed by atoms with Crippen molar-refractivity contribution in [2.24, 2.45) is 5.84 Å². The Morgan fingerprint density at radius 3 is 2.97 bits per heavy atom. The van der Waals surface area contributed by atoms with Crippen molar-refractivity contribution in [3.05, 3.63) is 35.5 Å². The summed E-state index contributed by atoms with van der Waals surface area (Å²) in [6.07, 6.45) is 2.29. The van der Waals surface area contributed by atoms with Crippen LogP contribution in [0.1, 0.15) is 22.3 Å². The van der Waals surface area contributed by atoms with Crippen LogP contribution in [0.5, 0.6) is 0 Å². The number of hydrogen-bond acceptors (Lipinski definition) is 9. The van der Waals surface area contributed by atoms with E-state index in [4.69, 9.17) is 16.3 Å². The fraction of sp³-hybridized carbons (Fsp3) is 0.350. The Morgan fingerprint density at radius 2 is 2.19 bits per heavy atom. The minimum atomic E-state index is -0.102. The number of hydrazine groups is 1. The molecule has 31 heavy (non-hydrogen) atoms. The van der Waals surface area contributed by atoms with Gasteiger partial charge >= 0.3 is 0 Å². The van der Waals surface area contributed by atoms with Gasteiger partial charge in [-0.3, -0.25) is 4.79 Å². The third-order valence-corrected chi connectivity index (χ3v) is 5.74. The van der Waals surface area contributed by atoms with Gasteiger partial charge in [-0.15, -0.1) is 0 Å². The summed E-state index contributed by atoms with van der Waals surface area (Å²) >= 11 is 0. The Hall–Kier alpha value is -3.57. The lowest BCUT2D eigenvalue weighted by Gasteiger charge is -2.21. The highest BCUT2D eigenvalue weighted by atomic mass is 16.5. The molecule has 1 fully saturated rings. The van der Waals surface area contributed by atoms with Gasteiger partial charge in [-0.2, -0.15) is 9.61 Å². The number of hydrogen-bond donors (Lipinski definition) is 4. The van der Waals surface area contributed by atoms with Gasteiger partial charge in [0.1, 0.15) is 17.2 Å². The summed E-state index contributed by atoms with van der Waals surface area (Å²) in [4.78, 5) is 19.7. The molecule has 11 heteroatoms. The second-order valence-corrected chi connectivity index (χ2v) is 7.86. The number of anilines is 5. The summed E-state index contributed by atoms with van der Waals surface area (Å²) in [5.41, 5.74) is 10.1. The number of nitrogens with one attached hydrogen (secondary N) is 2. The molecule has 2 aliphatic rings. The van der Waals surface area contributed by atoms with Crippen LogP contribution in [0.25, 0.3) is 5.65 Å². The smallest absolute Gasteiger partial charge is 0.259 e. The van der Waals surface area contributed by atoms with Crippen molar-refractivity contribution in [1.29, 1.82) is 0 Å². The molecule has 1 amide bonds. The SMILES string of the molecule is CNc1cc2nc3c(cnn13)C(=O)N1CCC(C1)OCc1cc(c(N)c(N(C)N)c1)N2. The molecule has 3 aromatic rings. The average molecular weight is 423 g/mol. The minimum Gasteiger partial charge on any atom is -0.395 e. The lowest BCUT2D eigenvalue weighted by atomic mass is 10.1. The molecule has 1 atom stereocenters. The zero-order valence-electron chi connectivity index (χ0n) is 17.4. The number of nitrogens with zero attached hydrogens (tertiary/aromatic N) is 5. The van der Waals surface area contributed by atoms with Crippen LogP contribution in [-0.2, 0) is 11.3 Å². The van der Waals surface area contributed by atoms with Crippen LogP contribution >= 0.6 is 0 Å². The van der Waals surface area contributed by atoms with Crippen LogP contribution in [0, 0.1) is 0 Å². The lowest BCUT2D eigenvalue weighted by molar-refractivity contribution is 0.0438. The summed E-state index contributed by atoms with van der Waals surface area (Å²) in [6, 6.07) is 5.66. The molecule has 0 spiro atoms. The van der Waals surface area contributed by atoms with E-state index in [0.29, 0.717) is 59.6 Å². The minimum absolute atomic E-state index is 0.0434. The van der Waals surface area contributed by atoms with Crippen molar-refractivity contribution in [2.45, 2.75) is 19.1 Å². The topological polar surface area (TPSA) is 139 Å². The molecule has 0 radical (unpaired) electrons. The predicted molar refractivity (Wildman–Crippen MR) is 118 cm³/mol. The van der Waals surface area contributed by atoms with Crippen LogP contribution in [-0.4, -0.2) is 58.7 Å². The molecular weight excluding hydrogens is 398 g/mol. The molecule has 2 aromatic heterocycles. The largest absolute Gasteiger partial charge is 0.395 e. The van der Waals surface area contributed by atoms with Crippen molar-refractivity contribution in [2.75, 3.05) is 48.6 Å². The molecule has 1 unspecified atom stereocenters.